The van der Waals surface area contributed by atoms with Crippen molar-refractivity contribution >= 4 is 34.1 Å². The Bertz CT molecular complexity index is 1260. The Labute approximate surface area is 207 Å². The molecule has 1 saturated carbocycles. The maximum atomic E-state index is 13.3. The molecule has 4 rings (SSSR count). The van der Waals surface area contributed by atoms with Crippen molar-refractivity contribution in [3.05, 3.63) is 52.4 Å². The first-order chi connectivity index (χ1) is 16.8. The van der Waals surface area contributed by atoms with E-state index in [2.05, 4.69) is 20.7 Å². The fourth-order valence-corrected chi connectivity index (χ4v) is 4.45. The molecule has 0 atom stereocenters. The highest BCUT2D eigenvalue weighted by Gasteiger charge is 2.35. The van der Waals surface area contributed by atoms with Crippen LogP contribution in [0.25, 0.3) is 10.9 Å². The zero-order valence-electron chi connectivity index (χ0n) is 19.0. The van der Waals surface area contributed by atoms with Crippen molar-refractivity contribution < 1.29 is 31.1 Å². The van der Waals surface area contributed by atoms with Crippen LogP contribution in [0.3, 0.4) is 0 Å². The van der Waals surface area contributed by atoms with Gasteiger partial charge in [0, 0.05) is 33.9 Å². The van der Waals surface area contributed by atoms with E-state index < -0.39 is 29.6 Å². The lowest BCUT2D eigenvalue weighted by Crippen LogP contribution is -2.41. The first kappa shape index (κ1) is 26.1. The van der Waals surface area contributed by atoms with Crippen molar-refractivity contribution in [1.29, 1.82) is 0 Å². The van der Waals surface area contributed by atoms with E-state index >= 15 is 0 Å². The first-order valence-corrected chi connectivity index (χ1v) is 11.5. The quantitative estimate of drug-likeness (QED) is 0.396. The number of rotatable bonds is 5. The molecule has 0 unspecified atom stereocenters. The molecule has 0 saturated heterocycles. The van der Waals surface area contributed by atoms with Gasteiger partial charge in [0.15, 0.2) is 5.69 Å². The Morgan fingerprint density at radius 3 is 2.25 bits per heavy atom. The lowest BCUT2D eigenvalue weighted by molar-refractivity contribution is -0.142. The number of nitrogens with zero attached hydrogens (tertiary/aromatic N) is 3. The lowest BCUT2D eigenvalue weighted by atomic mass is 9.90. The molecule has 13 heteroatoms. The zero-order chi connectivity index (χ0) is 26.3. The number of benzene rings is 1. The number of amides is 1. The molecular weight excluding hydrogens is 512 g/mol. The van der Waals surface area contributed by atoms with Crippen molar-refractivity contribution in [3.8, 4) is 0 Å². The molecule has 0 bridgehead atoms. The summed E-state index contributed by atoms with van der Waals surface area (Å²) < 4.78 is 79.5. The number of aromatic nitrogens is 3. The van der Waals surface area contributed by atoms with Gasteiger partial charge in [0.2, 0.25) is 5.91 Å². The number of nitrogens with one attached hydrogen (secondary N) is 2. The number of anilines is 1. The normalized spacial score (nSPS) is 18.9. The number of carbonyl (C=O) groups is 1. The molecular formula is C23H22ClF6N5O. The van der Waals surface area contributed by atoms with E-state index in [1.807, 2.05) is 0 Å². The van der Waals surface area contributed by atoms with Crippen molar-refractivity contribution in [1.82, 2.24) is 20.1 Å². The van der Waals surface area contributed by atoms with E-state index in [9.17, 15) is 31.1 Å². The third kappa shape index (κ3) is 6.03. The van der Waals surface area contributed by atoms with Crippen LogP contribution in [0.15, 0.2) is 30.3 Å². The molecule has 2 aromatic heterocycles. The van der Waals surface area contributed by atoms with Gasteiger partial charge in [-0.15, -0.1) is 0 Å². The number of halogens is 7. The Morgan fingerprint density at radius 2 is 1.64 bits per heavy atom. The van der Waals surface area contributed by atoms with E-state index in [1.54, 1.807) is 6.07 Å². The summed E-state index contributed by atoms with van der Waals surface area (Å²) in [6.07, 6.45) is -6.98. The number of hydrogen-bond donors (Lipinski definition) is 2. The minimum absolute atomic E-state index is 0.147. The molecule has 36 heavy (non-hydrogen) atoms. The van der Waals surface area contributed by atoms with E-state index in [4.69, 9.17) is 11.6 Å². The third-order valence-electron chi connectivity index (χ3n) is 6.08. The lowest BCUT2D eigenvalue weighted by Gasteiger charge is -2.30. The van der Waals surface area contributed by atoms with Crippen LogP contribution >= 0.6 is 11.6 Å². The molecule has 3 aromatic rings. The molecule has 0 spiro atoms. The molecule has 194 valence electrons. The predicted molar refractivity (Wildman–Crippen MR) is 122 cm³/mol. The van der Waals surface area contributed by atoms with Crippen LogP contribution in [-0.4, -0.2) is 32.8 Å². The van der Waals surface area contributed by atoms with Crippen molar-refractivity contribution in [2.75, 3.05) is 5.32 Å². The third-order valence-corrected chi connectivity index (χ3v) is 6.31. The van der Waals surface area contributed by atoms with Crippen LogP contribution in [0.1, 0.15) is 42.8 Å². The standard InChI is InChI=1S/C23H22ClF6N5O/c1-12-8-20(23(28,29)30)34-35(12)11-21(36)32-15-5-3-14(4-6-15)31-18-10-19(22(25,26)27)33-17-7-2-13(24)9-16(17)18/h2,7-10,14-15H,3-6,11H2,1H3,(H,31,33)(H,32,36)/t14-,15+. The van der Waals surface area contributed by atoms with Crippen LogP contribution < -0.4 is 10.6 Å². The van der Waals surface area contributed by atoms with Gasteiger partial charge in [-0.05, 0) is 62.9 Å². The summed E-state index contributed by atoms with van der Waals surface area (Å²) in [6, 6.07) is 5.96. The average Bonchev–Trinajstić information content (AvgIpc) is 3.15. The second-order valence-corrected chi connectivity index (χ2v) is 9.24. The molecule has 6 nitrogen and oxygen atoms in total. The van der Waals surface area contributed by atoms with Gasteiger partial charge in [0.1, 0.15) is 12.2 Å². The molecule has 1 aliphatic carbocycles. The minimum Gasteiger partial charge on any atom is -0.382 e. The highest BCUT2D eigenvalue weighted by Crippen LogP contribution is 2.35. The van der Waals surface area contributed by atoms with Crippen LogP contribution in [0.4, 0.5) is 32.0 Å². The van der Waals surface area contributed by atoms with Gasteiger partial charge >= 0.3 is 12.4 Å². The monoisotopic (exact) mass is 533 g/mol. The van der Waals surface area contributed by atoms with Gasteiger partial charge in [-0.2, -0.15) is 31.4 Å². The van der Waals surface area contributed by atoms with Gasteiger partial charge in [-0.1, -0.05) is 11.6 Å². The average molecular weight is 534 g/mol. The summed E-state index contributed by atoms with van der Waals surface area (Å²) >= 11 is 6.04. The molecule has 2 heterocycles. The van der Waals surface area contributed by atoms with Crippen molar-refractivity contribution in [2.24, 2.45) is 0 Å². The summed E-state index contributed by atoms with van der Waals surface area (Å²) in [5, 5.41) is 10.3. The molecule has 1 fully saturated rings. The highest BCUT2D eigenvalue weighted by atomic mass is 35.5. The first-order valence-electron chi connectivity index (χ1n) is 11.1. The maximum absolute atomic E-state index is 13.3. The van der Waals surface area contributed by atoms with Crippen molar-refractivity contribution in [2.45, 2.75) is 63.6 Å². The number of alkyl halides is 6. The smallest absolute Gasteiger partial charge is 0.382 e. The second kappa shape index (κ2) is 9.79. The van der Waals surface area contributed by atoms with E-state index in [1.165, 1.54) is 19.1 Å². The van der Waals surface area contributed by atoms with Crippen molar-refractivity contribution in [3.63, 3.8) is 0 Å². The van der Waals surface area contributed by atoms with E-state index in [-0.39, 0.29) is 35.5 Å². The van der Waals surface area contributed by atoms with Crippen LogP contribution in [-0.2, 0) is 23.7 Å². The number of fused-ring (bicyclic) bond motifs is 1. The summed E-state index contributed by atoms with van der Waals surface area (Å²) in [5.74, 6) is -0.462. The van der Waals surface area contributed by atoms with Gasteiger partial charge in [0.05, 0.1) is 5.52 Å². The molecule has 1 amide bonds. The Hall–Kier alpha value is -3.02. The van der Waals surface area contributed by atoms with Crippen LogP contribution in [0, 0.1) is 6.92 Å². The zero-order valence-corrected chi connectivity index (χ0v) is 19.7. The molecule has 0 aliphatic heterocycles. The summed E-state index contributed by atoms with van der Waals surface area (Å²) in [5.41, 5.74) is -1.41. The molecule has 0 radical (unpaired) electrons. The maximum Gasteiger partial charge on any atom is 0.435 e. The summed E-state index contributed by atoms with van der Waals surface area (Å²) in [4.78, 5) is 16.1. The van der Waals surface area contributed by atoms with E-state index in [0.717, 1.165) is 16.8 Å². The number of aryl methyl sites for hydroxylation is 1. The topological polar surface area (TPSA) is 71.8 Å². The fraction of sp³-hybridized carbons (Fsp3) is 0.435. The summed E-state index contributed by atoms with van der Waals surface area (Å²) in [7, 11) is 0. The van der Waals surface area contributed by atoms with Gasteiger partial charge in [-0.3, -0.25) is 9.48 Å². The predicted octanol–water partition coefficient (Wildman–Crippen LogP) is 5.97. The largest absolute Gasteiger partial charge is 0.435 e. The van der Waals surface area contributed by atoms with Crippen LogP contribution in [0.5, 0.6) is 0 Å². The Morgan fingerprint density at radius 1 is 1.00 bits per heavy atom. The van der Waals surface area contributed by atoms with Gasteiger partial charge < -0.3 is 10.6 Å². The molecule has 1 aromatic carbocycles. The summed E-state index contributed by atoms with van der Waals surface area (Å²) in [6.45, 7) is 1.09. The Balaban J connectivity index is 1.38. The fourth-order valence-electron chi connectivity index (χ4n) is 4.28. The highest BCUT2D eigenvalue weighted by molar-refractivity contribution is 6.31. The van der Waals surface area contributed by atoms with E-state index in [0.29, 0.717) is 36.1 Å². The minimum atomic E-state index is -4.61. The molecule has 1 aliphatic rings. The van der Waals surface area contributed by atoms with Crippen LogP contribution in [0.2, 0.25) is 5.02 Å². The SMILES string of the molecule is Cc1cc(C(F)(F)F)nn1CC(=O)N[C@H]1CC[C@@H](Nc2cc(C(F)(F)F)nc3ccc(Cl)cc23)CC1. The number of carbonyl (C=O) groups excluding carboxylic acids is 1. The molecule has 2 N–H and O–H groups in total. The Kier molecular flexibility index (Phi) is 7.09. The second-order valence-electron chi connectivity index (χ2n) is 8.80. The number of pyridine rings is 1. The van der Waals surface area contributed by atoms with Gasteiger partial charge in [0.25, 0.3) is 0 Å². The van der Waals surface area contributed by atoms with Gasteiger partial charge in [-0.25, -0.2) is 4.98 Å². The number of hydrogen-bond acceptors (Lipinski definition) is 4.